The standard InChI is InChI=1S/C14H12N2O/c1-9-5-7-15-13-10(9)3-4-11-12(17)6-8-16(2)14(11)13/h3-8H,1-2H3. The molecule has 0 aliphatic rings. The van der Waals surface area contributed by atoms with E-state index in [9.17, 15) is 4.79 Å². The Morgan fingerprint density at radius 3 is 2.71 bits per heavy atom. The van der Waals surface area contributed by atoms with E-state index >= 15 is 0 Å². The molecule has 0 radical (unpaired) electrons. The topological polar surface area (TPSA) is 34.9 Å². The van der Waals surface area contributed by atoms with Gasteiger partial charge in [-0.15, -0.1) is 0 Å². The van der Waals surface area contributed by atoms with Crippen molar-refractivity contribution in [3.05, 3.63) is 52.4 Å². The molecule has 0 unspecified atom stereocenters. The Hall–Kier alpha value is -2.16. The molecule has 2 aromatic heterocycles. The van der Waals surface area contributed by atoms with Crippen molar-refractivity contribution in [1.82, 2.24) is 9.55 Å². The summed E-state index contributed by atoms with van der Waals surface area (Å²) in [6.45, 7) is 2.05. The number of benzene rings is 1. The number of aryl methyl sites for hydroxylation is 2. The number of nitrogens with zero attached hydrogens (tertiary/aromatic N) is 2. The van der Waals surface area contributed by atoms with E-state index in [1.807, 2.05) is 29.8 Å². The van der Waals surface area contributed by atoms with Gasteiger partial charge in [-0.05, 0) is 24.6 Å². The molecule has 3 heteroatoms. The largest absolute Gasteiger partial charge is 0.349 e. The number of hydrogen-bond donors (Lipinski definition) is 0. The number of fused-ring (bicyclic) bond motifs is 3. The Balaban J connectivity index is 2.70. The number of rotatable bonds is 0. The molecule has 0 aliphatic carbocycles. The Kier molecular flexibility index (Phi) is 2.01. The zero-order valence-electron chi connectivity index (χ0n) is 9.77. The summed E-state index contributed by atoms with van der Waals surface area (Å²) in [5.41, 5.74) is 3.01. The monoisotopic (exact) mass is 224 g/mol. The lowest BCUT2D eigenvalue weighted by Crippen LogP contribution is -2.06. The molecular weight excluding hydrogens is 212 g/mol. The molecule has 3 aromatic rings. The summed E-state index contributed by atoms with van der Waals surface area (Å²) in [5, 5.41) is 1.82. The summed E-state index contributed by atoms with van der Waals surface area (Å²) < 4.78 is 1.95. The van der Waals surface area contributed by atoms with Crippen LogP contribution in [0.3, 0.4) is 0 Å². The van der Waals surface area contributed by atoms with Crippen LogP contribution >= 0.6 is 0 Å². The molecule has 17 heavy (non-hydrogen) atoms. The molecule has 0 fully saturated rings. The third-order valence-electron chi connectivity index (χ3n) is 3.17. The third kappa shape index (κ3) is 1.35. The van der Waals surface area contributed by atoms with Crippen LogP contribution in [-0.2, 0) is 7.05 Å². The number of aromatic nitrogens is 2. The average Bonchev–Trinajstić information content (AvgIpc) is 2.33. The first-order chi connectivity index (χ1) is 8.18. The lowest BCUT2D eigenvalue weighted by atomic mass is 10.1. The van der Waals surface area contributed by atoms with Crippen LogP contribution in [0.5, 0.6) is 0 Å². The second kappa shape index (κ2) is 3.42. The Morgan fingerprint density at radius 1 is 1.12 bits per heavy atom. The molecule has 0 spiro atoms. The van der Waals surface area contributed by atoms with Gasteiger partial charge in [0.05, 0.1) is 11.0 Å². The van der Waals surface area contributed by atoms with Crippen molar-refractivity contribution in [2.45, 2.75) is 6.92 Å². The van der Waals surface area contributed by atoms with Crippen LogP contribution in [0.1, 0.15) is 5.56 Å². The predicted octanol–water partition coefficient (Wildman–Crippen LogP) is 2.40. The van der Waals surface area contributed by atoms with E-state index in [1.54, 1.807) is 18.5 Å². The van der Waals surface area contributed by atoms with Crippen molar-refractivity contribution in [1.29, 1.82) is 0 Å². The van der Waals surface area contributed by atoms with Crippen LogP contribution in [0.15, 0.2) is 41.5 Å². The molecule has 0 saturated carbocycles. The highest BCUT2D eigenvalue weighted by atomic mass is 16.1. The van der Waals surface area contributed by atoms with Crippen LogP contribution < -0.4 is 5.43 Å². The molecular formula is C14H12N2O. The van der Waals surface area contributed by atoms with E-state index in [0.717, 1.165) is 21.8 Å². The van der Waals surface area contributed by atoms with Crippen molar-refractivity contribution in [2.24, 2.45) is 7.05 Å². The van der Waals surface area contributed by atoms with Crippen molar-refractivity contribution in [3.8, 4) is 0 Å². The maximum absolute atomic E-state index is 11.8. The van der Waals surface area contributed by atoms with Gasteiger partial charge in [0, 0.05) is 36.3 Å². The molecule has 84 valence electrons. The fourth-order valence-electron chi connectivity index (χ4n) is 2.24. The summed E-state index contributed by atoms with van der Waals surface area (Å²) in [7, 11) is 1.94. The third-order valence-corrected chi connectivity index (χ3v) is 3.17. The van der Waals surface area contributed by atoms with E-state index in [0.29, 0.717) is 0 Å². The molecule has 1 aromatic carbocycles. The molecule has 3 nitrogen and oxygen atoms in total. The minimum absolute atomic E-state index is 0.0447. The zero-order chi connectivity index (χ0) is 12.0. The first-order valence-electron chi connectivity index (χ1n) is 5.52. The fourth-order valence-corrected chi connectivity index (χ4v) is 2.24. The summed E-state index contributed by atoms with van der Waals surface area (Å²) in [6, 6.07) is 7.43. The van der Waals surface area contributed by atoms with E-state index in [-0.39, 0.29) is 5.43 Å². The van der Waals surface area contributed by atoms with Gasteiger partial charge >= 0.3 is 0 Å². The fraction of sp³-hybridized carbons (Fsp3) is 0.143. The van der Waals surface area contributed by atoms with E-state index < -0.39 is 0 Å². The highest BCUT2D eigenvalue weighted by Crippen LogP contribution is 2.23. The SMILES string of the molecule is Cc1ccnc2c1ccc1c(=O)ccn(C)c12. The van der Waals surface area contributed by atoms with Gasteiger partial charge in [-0.25, -0.2) is 0 Å². The van der Waals surface area contributed by atoms with Crippen LogP contribution in [0.25, 0.3) is 21.8 Å². The maximum atomic E-state index is 11.8. The highest BCUT2D eigenvalue weighted by molar-refractivity contribution is 6.03. The highest BCUT2D eigenvalue weighted by Gasteiger charge is 2.07. The van der Waals surface area contributed by atoms with Crippen molar-refractivity contribution < 1.29 is 0 Å². The van der Waals surface area contributed by atoms with Gasteiger partial charge in [0.1, 0.15) is 0 Å². The van der Waals surface area contributed by atoms with Crippen LogP contribution in [0.4, 0.5) is 0 Å². The van der Waals surface area contributed by atoms with Crippen molar-refractivity contribution in [3.63, 3.8) is 0 Å². The first kappa shape index (κ1) is 10.0. The van der Waals surface area contributed by atoms with Crippen LogP contribution in [-0.4, -0.2) is 9.55 Å². The molecule has 0 bridgehead atoms. The van der Waals surface area contributed by atoms with Gasteiger partial charge in [0.25, 0.3) is 0 Å². The van der Waals surface area contributed by atoms with Crippen molar-refractivity contribution >= 4 is 21.8 Å². The van der Waals surface area contributed by atoms with Gasteiger partial charge in [0.2, 0.25) is 0 Å². The normalized spacial score (nSPS) is 11.2. The van der Waals surface area contributed by atoms with Gasteiger partial charge in [0.15, 0.2) is 5.43 Å². The van der Waals surface area contributed by atoms with Gasteiger partial charge in [-0.1, -0.05) is 6.07 Å². The summed E-state index contributed by atoms with van der Waals surface area (Å²) in [5.74, 6) is 0. The summed E-state index contributed by atoms with van der Waals surface area (Å²) >= 11 is 0. The summed E-state index contributed by atoms with van der Waals surface area (Å²) in [4.78, 5) is 16.2. The molecule has 0 N–H and O–H groups in total. The van der Waals surface area contributed by atoms with Gasteiger partial charge in [-0.3, -0.25) is 9.78 Å². The number of hydrogen-bond acceptors (Lipinski definition) is 2. The Labute approximate surface area is 98.3 Å². The molecule has 0 amide bonds. The molecule has 2 heterocycles. The lowest BCUT2D eigenvalue weighted by Gasteiger charge is -2.08. The number of pyridine rings is 2. The molecule has 3 rings (SSSR count). The summed E-state index contributed by atoms with van der Waals surface area (Å²) in [6.07, 6.45) is 3.57. The van der Waals surface area contributed by atoms with Gasteiger partial charge < -0.3 is 4.57 Å². The van der Waals surface area contributed by atoms with E-state index in [1.165, 1.54) is 5.56 Å². The molecule has 0 saturated heterocycles. The first-order valence-corrected chi connectivity index (χ1v) is 5.52. The van der Waals surface area contributed by atoms with Crippen molar-refractivity contribution in [2.75, 3.05) is 0 Å². The lowest BCUT2D eigenvalue weighted by molar-refractivity contribution is 0.953. The molecule has 0 aliphatic heterocycles. The van der Waals surface area contributed by atoms with Crippen LogP contribution in [0.2, 0.25) is 0 Å². The Bertz CT molecular complexity index is 787. The minimum Gasteiger partial charge on any atom is -0.349 e. The predicted molar refractivity (Wildman–Crippen MR) is 69.2 cm³/mol. The quantitative estimate of drug-likeness (QED) is 0.549. The second-order valence-electron chi connectivity index (χ2n) is 4.28. The van der Waals surface area contributed by atoms with E-state index in [4.69, 9.17) is 0 Å². The smallest absolute Gasteiger partial charge is 0.189 e. The second-order valence-corrected chi connectivity index (χ2v) is 4.28. The zero-order valence-corrected chi connectivity index (χ0v) is 9.77. The van der Waals surface area contributed by atoms with E-state index in [2.05, 4.69) is 11.9 Å². The minimum atomic E-state index is 0.0447. The average molecular weight is 224 g/mol. The maximum Gasteiger partial charge on any atom is 0.189 e. The Morgan fingerprint density at radius 2 is 1.88 bits per heavy atom. The van der Waals surface area contributed by atoms with Gasteiger partial charge in [-0.2, -0.15) is 0 Å². The van der Waals surface area contributed by atoms with Crippen LogP contribution in [0, 0.1) is 6.92 Å². The molecule has 0 atom stereocenters.